The van der Waals surface area contributed by atoms with Gasteiger partial charge in [-0.1, -0.05) is 13.8 Å². The van der Waals surface area contributed by atoms with Crippen LogP contribution in [0, 0.1) is 29.1 Å². The van der Waals surface area contributed by atoms with E-state index in [1.54, 1.807) is 17.8 Å². The number of likely N-dealkylation sites (tertiary alicyclic amines) is 1. The first-order chi connectivity index (χ1) is 18.9. The van der Waals surface area contributed by atoms with Gasteiger partial charge in [0.2, 0.25) is 5.91 Å². The van der Waals surface area contributed by atoms with Gasteiger partial charge in [-0.2, -0.15) is 18.4 Å². The predicted molar refractivity (Wildman–Crippen MR) is 142 cm³/mol. The molecule has 1 aliphatic carbocycles. The molecule has 3 heterocycles. The molecule has 1 unspecified atom stereocenters. The standard InChI is InChI=1S/C29H30F3N5O3/c1-15(2)28(39)37-12-17-5-6-18(13-37)23(17)20-14-36(3)26-24(20)25(29(30,31)32)21(11-34-26)35-27(38)16-7-8-22(40-4)19(9-16)10-33/h7-9,11,14-15,17-18,23H,5-6,12-13H2,1-4H3,(H,35,38)/t17-,18?,23-/m1/s1. The third kappa shape index (κ3) is 4.65. The molecule has 210 valence electrons. The molecule has 11 heteroatoms. The molecule has 0 spiro atoms. The minimum absolute atomic E-state index is 0.0130. The minimum atomic E-state index is -4.79. The fourth-order valence-electron chi connectivity index (χ4n) is 6.42. The predicted octanol–water partition coefficient (Wildman–Crippen LogP) is 5.33. The molecule has 5 rings (SSSR count). The van der Waals surface area contributed by atoms with E-state index >= 15 is 0 Å². The van der Waals surface area contributed by atoms with Crippen LogP contribution >= 0.6 is 0 Å². The van der Waals surface area contributed by atoms with Gasteiger partial charge in [0.15, 0.2) is 0 Å². The summed E-state index contributed by atoms with van der Waals surface area (Å²) in [5.74, 6) is -0.713. The molecule has 1 aliphatic heterocycles. The van der Waals surface area contributed by atoms with Crippen molar-refractivity contribution in [3.63, 3.8) is 0 Å². The number of aryl methyl sites for hydroxylation is 1. The van der Waals surface area contributed by atoms with Crippen LogP contribution in [0.3, 0.4) is 0 Å². The molecule has 2 bridgehead atoms. The van der Waals surface area contributed by atoms with E-state index in [4.69, 9.17) is 4.74 Å². The van der Waals surface area contributed by atoms with Crippen LogP contribution in [-0.4, -0.2) is 46.5 Å². The molecule has 2 aromatic heterocycles. The van der Waals surface area contributed by atoms with Gasteiger partial charge >= 0.3 is 6.18 Å². The van der Waals surface area contributed by atoms with Gasteiger partial charge in [-0.3, -0.25) is 9.59 Å². The second-order valence-corrected chi connectivity index (χ2v) is 10.9. The Labute approximate surface area is 229 Å². The summed E-state index contributed by atoms with van der Waals surface area (Å²) in [6.45, 7) is 4.73. The number of hydrogen-bond donors (Lipinski definition) is 1. The molecule has 2 amide bonds. The lowest BCUT2D eigenvalue weighted by atomic mass is 9.79. The number of carbonyl (C=O) groups is 2. The number of halogens is 3. The molecule has 3 atom stereocenters. The van der Waals surface area contributed by atoms with Crippen molar-refractivity contribution in [3.05, 3.63) is 52.8 Å². The average Bonchev–Trinajstić information content (AvgIpc) is 3.37. The fraction of sp³-hybridized carbons (Fsp3) is 0.448. The molecule has 2 fully saturated rings. The molecular formula is C29H30F3N5O3. The van der Waals surface area contributed by atoms with Crippen molar-refractivity contribution >= 4 is 28.5 Å². The van der Waals surface area contributed by atoms with Crippen LogP contribution in [0.2, 0.25) is 0 Å². The van der Waals surface area contributed by atoms with Gasteiger partial charge in [-0.05, 0) is 54.4 Å². The Kier molecular flexibility index (Phi) is 6.98. The lowest BCUT2D eigenvalue weighted by Crippen LogP contribution is -2.45. The molecule has 0 radical (unpaired) electrons. The quantitative estimate of drug-likeness (QED) is 0.460. The van der Waals surface area contributed by atoms with E-state index in [0.717, 1.165) is 19.0 Å². The number of rotatable bonds is 5. The van der Waals surface area contributed by atoms with Crippen LogP contribution in [0.4, 0.5) is 18.9 Å². The summed E-state index contributed by atoms with van der Waals surface area (Å²) < 4.78 is 51.0. The van der Waals surface area contributed by atoms with Gasteiger partial charge in [-0.25, -0.2) is 4.98 Å². The van der Waals surface area contributed by atoms with Crippen LogP contribution in [0.25, 0.3) is 11.0 Å². The SMILES string of the molecule is COc1ccc(C(=O)Nc2cnc3c(c([C@H]4C5CC[C@@H]4CN(C(=O)C(C)C)C5)cn3C)c2C(F)(F)F)cc1C#N. The number of amides is 2. The Morgan fingerprint density at radius 3 is 2.45 bits per heavy atom. The van der Waals surface area contributed by atoms with Crippen LogP contribution in [0.1, 0.15) is 59.7 Å². The largest absolute Gasteiger partial charge is 0.495 e. The van der Waals surface area contributed by atoms with Gasteiger partial charge in [0.1, 0.15) is 17.5 Å². The lowest BCUT2D eigenvalue weighted by molar-refractivity contribution is -0.137. The number of hydrogen-bond acceptors (Lipinski definition) is 5. The highest BCUT2D eigenvalue weighted by Gasteiger charge is 2.47. The van der Waals surface area contributed by atoms with E-state index in [2.05, 4.69) is 10.3 Å². The molecule has 1 aromatic carbocycles. The van der Waals surface area contributed by atoms with Crippen molar-refractivity contribution in [2.24, 2.45) is 24.8 Å². The summed E-state index contributed by atoms with van der Waals surface area (Å²) in [5.41, 5.74) is -0.575. The number of piperidine rings is 1. The van der Waals surface area contributed by atoms with E-state index in [-0.39, 0.29) is 57.5 Å². The summed E-state index contributed by atoms with van der Waals surface area (Å²) >= 11 is 0. The Hall–Kier alpha value is -4.07. The first kappa shape index (κ1) is 27.5. The number of nitriles is 1. The van der Waals surface area contributed by atoms with Crippen LogP contribution in [-0.2, 0) is 18.0 Å². The van der Waals surface area contributed by atoms with Crippen molar-refractivity contribution in [2.45, 2.75) is 38.8 Å². The fourth-order valence-corrected chi connectivity index (χ4v) is 6.42. The molecule has 1 saturated carbocycles. The third-order valence-corrected chi connectivity index (χ3v) is 8.13. The monoisotopic (exact) mass is 553 g/mol. The number of ether oxygens (including phenoxy) is 1. The maximum absolute atomic E-state index is 14.8. The number of aromatic nitrogens is 2. The molecule has 8 nitrogen and oxygen atoms in total. The average molecular weight is 554 g/mol. The molecule has 40 heavy (non-hydrogen) atoms. The number of fused-ring (bicyclic) bond motifs is 3. The van der Waals surface area contributed by atoms with Crippen molar-refractivity contribution in [1.29, 1.82) is 5.26 Å². The minimum Gasteiger partial charge on any atom is -0.495 e. The van der Waals surface area contributed by atoms with E-state index < -0.39 is 23.3 Å². The number of anilines is 1. The summed E-state index contributed by atoms with van der Waals surface area (Å²) in [6, 6.07) is 5.99. The molecular weight excluding hydrogens is 523 g/mol. The van der Waals surface area contributed by atoms with Gasteiger partial charge in [-0.15, -0.1) is 0 Å². The zero-order valence-corrected chi connectivity index (χ0v) is 22.7. The maximum atomic E-state index is 14.8. The Bertz CT molecular complexity index is 1520. The van der Waals surface area contributed by atoms with E-state index in [1.807, 2.05) is 24.8 Å². The zero-order chi connectivity index (χ0) is 28.9. The van der Waals surface area contributed by atoms with Gasteiger partial charge in [0.25, 0.3) is 5.91 Å². The van der Waals surface area contributed by atoms with Crippen molar-refractivity contribution in [1.82, 2.24) is 14.5 Å². The van der Waals surface area contributed by atoms with Crippen LogP contribution in [0.5, 0.6) is 5.75 Å². The van der Waals surface area contributed by atoms with Crippen LogP contribution < -0.4 is 10.1 Å². The number of alkyl halides is 3. The third-order valence-electron chi connectivity index (χ3n) is 8.13. The van der Waals surface area contributed by atoms with E-state index in [9.17, 15) is 28.0 Å². The maximum Gasteiger partial charge on any atom is 0.419 e. The smallest absolute Gasteiger partial charge is 0.419 e. The summed E-state index contributed by atoms with van der Waals surface area (Å²) in [7, 11) is 3.04. The van der Waals surface area contributed by atoms with Crippen molar-refractivity contribution in [3.8, 4) is 11.8 Å². The Morgan fingerprint density at radius 2 is 1.88 bits per heavy atom. The topological polar surface area (TPSA) is 100 Å². The number of pyridine rings is 1. The highest BCUT2D eigenvalue weighted by atomic mass is 19.4. The molecule has 3 aromatic rings. The normalized spacial score (nSPS) is 20.6. The second-order valence-electron chi connectivity index (χ2n) is 10.9. The highest BCUT2D eigenvalue weighted by Crippen LogP contribution is 2.52. The number of nitrogens with one attached hydrogen (secondary N) is 1. The van der Waals surface area contributed by atoms with E-state index in [0.29, 0.717) is 18.7 Å². The first-order valence-electron chi connectivity index (χ1n) is 13.2. The Morgan fingerprint density at radius 1 is 1.20 bits per heavy atom. The van der Waals surface area contributed by atoms with Crippen molar-refractivity contribution < 1.29 is 27.5 Å². The van der Waals surface area contributed by atoms with Gasteiger partial charge < -0.3 is 19.5 Å². The molecule has 1 saturated heterocycles. The van der Waals surface area contributed by atoms with Crippen LogP contribution in [0.15, 0.2) is 30.6 Å². The lowest BCUT2D eigenvalue weighted by Gasteiger charge is -2.39. The summed E-state index contributed by atoms with van der Waals surface area (Å²) in [5, 5.41) is 11.7. The summed E-state index contributed by atoms with van der Waals surface area (Å²) in [6.07, 6.45) is -0.378. The van der Waals surface area contributed by atoms with E-state index in [1.165, 1.54) is 25.3 Å². The highest BCUT2D eigenvalue weighted by molar-refractivity contribution is 6.06. The number of nitrogens with zero attached hydrogens (tertiary/aromatic N) is 4. The van der Waals surface area contributed by atoms with Gasteiger partial charge in [0, 0.05) is 43.2 Å². The molecule has 1 N–H and O–H groups in total. The number of methoxy groups -OCH3 is 1. The molecule has 2 aliphatic rings. The first-order valence-corrected chi connectivity index (χ1v) is 13.2. The van der Waals surface area contributed by atoms with Gasteiger partial charge in [0.05, 0.1) is 30.1 Å². The number of carbonyl (C=O) groups excluding carboxylic acids is 2. The zero-order valence-electron chi connectivity index (χ0n) is 22.7. The van der Waals surface area contributed by atoms with Crippen molar-refractivity contribution in [2.75, 3.05) is 25.5 Å². The summed E-state index contributed by atoms with van der Waals surface area (Å²) in [4.78, 5) is 31.9. The Balaban J connectivity index is 1.57. The second kappa shape index (κ2) is 10.2. The number of benzene rings is 1.